The van der Waals surface area contributed by atoms with Gasteiger partial charge in [-0.3, -0.25) is 0 Å². The van der Waals surface area contributed by atoms with Gasteiger partial charge in [-0.2, -0.15) is 0 Å². The molecule has 0 atom stereocenters. The molecular weight excluding hydrogens is 272 g/mol. The smallest absolute Gasteiger partial charge is 0.162 e. The van der Waals surface area contributed by atoms with Crippen LogP contribution in [0.3, 0.4) is 0 Å². The van der Waals surface area contributed by atoms with Crippen molar-refractivity contribution in [3.8, 4) is 11.5 Å². The fourth-order valence-electron chi connectivity index (χ4n) is 2.61. The Labute approximate surface area is 122 Å². The van der Waals surface area contributed by atoms with E-state index in [1.807, 2.05) is 23.5 Å². The van der Waals surface area contributed by atoms with Crippen LogP contribution >= 0.6 is 11.3 Å². The second-order valence-electron chi connectivity index (χ2n) is 4.81. The van der Waals surface area contributed by atoms with Gasteiger partial charge in [0.25, 0.3) is 0 Å². The Hall–Kier alpha value is -1.88. The van der Waals surface area contributed by atoms with Crippen molar-refractivity contribution >= 4 is 22.7 Å². The summed E-state index contributed by atoms with van der Waals surface area (Å²) in [5.74, 6) is 1.38. The number of thiophene rings is 1. The lowest BCUT2D eigenvalue weighted by molar-refractivity contribution is 0.355. The first-order valence-corrected chi connectivity index (χ1v) is 7.42. The molecule has 5 heteroatoms. The van der Waals surface area contributed by atoms with Crippen LogP contribution in [0.15, 0.2) is 23.6 Å². The quantitative estimate of drug-likeness (QED) is 0.883. The van der Waals surface area contributed by atoms with Crippen LogP contribution < -0.4 is 20.1 Å². The summed E-state index contributed by atoms with van der Waals surface area (Å²) in [5.41, 5.74) is 9.31. The van der Waals surface area contributed by atoms with Gasteiger partial charge >= 0.3 is 0 Å². The zero-order valence-corrected chi connectivity index (χ0v) is 12.5. The highest BCUT2D eigenvalue weighted by Gasteiger charge is 2.20. The third-order valence-corrected chi connectivity index (χ3v) is 4.70. The third-order valence-electron chi connectivity index (χ3n) is 3.68. The van der Waals surface area contributed by atoms with Gasteiger partial charge in [0.15, 0.2) is 11.5 Å². The molecule has 1 aliphatic rings. The van der Waals surface area contributed by atoms with Crippen molar-refractivity contribution < 1.29 is 9.47 Å². The minimum Gasteiger partial charge on any atom is -0.493 e. The molecule has 0 saturated carbocycles. The van der Waals surface area contributed by atoms with Gasteiger partial charge in [0.1, 0.15) is 0 Å². The minimum atomic E-state index is 0.669. The molecular formula is C15H18N2O2S. The van der Waals surface area contributed by atoms with E-state index in [0.29, 0.717) is 11.5 Å². The number of hydrogen-bond acceptors (Lipinski definition) is 5. The molecule has 0 unspecified atom stereocenters. The van der Waals surface area contributed by atoms with Gasteiger partial charge in [-0.1, -0.05) is 0 Å². The fourth-order valence-corrected chi connectivity index (χ4v) is 3.50. The molecule has 0 amide bonds. The summed E-state index contributed by atoms with van der Waals surface area (Å²) < 4.78 is 10.7. The lowest BCUT2D eigenvalue weighted by Gasteiger charge is -2.30. The van der Waals surface area contributed by atoms with E-state index in [0.717, 1.165) is 30.9 Å². The number of benzene rings is 1. The Kier molecular flexibility index (Phi) is 3.44. The molecule has 0 radical (unpaired) electrons. The first-order valence-electron chi connectivity index (χ1n) is 6.54. The molecule has 2 N–H and O–H groups in total. The highest BCUT2D eigenvalue weighted by Crippen LogP contribution is 2.38. The van der Waals surface area contributed by atoms with E-state index >= 15 is 0 Å². The Morgan fingerprint density at radius 3 is 2.70 bits per heavy atom. The van der Waals surface area contributed by atoms with E-state index in [2.05, 4.69) is 16.3 Å². The number of ether oxygens (including phenoxy) is 2. The van der Waals surface area contributed by atoms with Crippen molar-refractivity contribution in [2.75, 3.05) is 31.4 Å². The summed E-state index contributed by atoms with van der Waals surface area (Å²) in [7, 11) is 3.26. The third kappa shape index (κ3) is 2.18. The van der Waals surface area contributed by atoms with Crippen molar-refractivity contribution in [1.82, 2.24) is 0 Å². The van der Waals surface area contributed by atoms with Gasteiger partial charge in [0.05, 0.1) is 25.6 Å². The largest absolute Gasteiger partial charge is 0.493 e. The first kappa shape index (κ1) is 13.1. The Balaban J connectivity index is 1.95. The van der Waals surface area contributed by atoms with Crippen LogP contribution in [0.4, 0.5) is 11.4 Å². The van der Waals surface area contributed by atoms with E-state index in [1.165, 1.54) is 10.4 Å². The molecule has 0 spiro atoms. The molecule has 0 aliphatic carbocycles. The molecule has 106 valence electrons. The standard InChI is InChI=1S/C15H18N2O2S/c1-18-13-7-11(16)12(8-14(13)19-2)17-5-3-15-10(9-17)4-6-20-15/h4,6-8H,3,5,9,16H2,1-2H3. The molecule has 20 heavy (non-hydrogen) atoms. The van der Waals surface area contributed by atoms with Gasteiger partial charge in [-0.05, 0) is 23.4 Å². The summed E-state index contributed by atoms with van der Waals surface area (Å²) in [5, 5.41) is 2.16. The number of rotatable bonds is 3. The molecule has 1 aromatic carbocycles. The molecule has 2 heterocycles. The monoisotopic (exact) mass is 290 g/mol. The van der Waals surface area contributed by atoms with Crippen molar-refractivity contribution in [2.24, 2.45) is 0 Å². The van der Waals surface area contributed by atoms with Gasteiger partial charge in [-0.15, -0.1) is 11.3 Å². The van der Waals surface area contributed by atoms with Gasteiger partial charge in [-0.25, -0.2) is 0 Å². The van der Waals surface area contributed by atoms with Crippen molar-refractivity contribution in [1.29, 1.82) is 0 Å². The molecule has 0 bridgehead atoms. The van der Waals surface area contributed by atoms with Crippen molar-refractivity contribution in [3.05, 3.63) is 34.0 Å². The van der Waals surface area contributed by atoms with E-state index in [1.54, 1.807) is 14.2 Å². The lowest BCUT2D eigenvalue weighted by Crippen LogP contribution is -2.30. The second-order valence-corrected chi connectivity index (χ2v) is 5.81. The zero-order chi connectivity index (χ0) is 14.1. The SMILES string of the molecule is COc1cc(N)c(N2CCc3sccc3C2)cc1OC. The highest BCUT2D eigenvalue weighted by atomic mass is 32.1. The summed E-state index contributed by atoms with van der Waals surface area (Å²) in [6.45, 7) is 1.88. The summed E-state index contributed by atoms with van der Waals surface area (Å²) >= 11 is 1.84. The minimum absolute atomic E-state index is 0.669. The van der Waals surface area contributed by atoms with Crippen LogP contribution in [-0.2, 0) is 13.0 Å². The molecule has 4 nitrogen and oxygen atoms in total. The molecule has 1 aliphatic heterocycles. The van der Waals surface area contributed by atoms with Crippen LogP contribution in [0.1, 0.15) is 10.4 Å². The van der Waals surface area contributed by atoms with Crippen LogP contribution in [0.2, 0.25) is 0 Å². The number of methoxy groups -OCH3 is 2. The predicted molar refractivity (Wildman–Crippen MR) is 83.0 cm³/mol. The molecule has 2 aromatic rings. The Morgan fingerprint density at radius 2 is 1.95 bits per heavy atom. The molecule has 0 fully saturated rings. The van der Waals surface area contributed by atoms with Crippen LogP contribution in [-0.4, -0.2) is 20.8 Å². The average Bonchev–Trinajstić information content (AvgIpc) is 2.94. The maximum absolute atomic E-state index is 6.17. The maximum atomic E-state index is 6.17. The lowest BCUT2D eigenvalue weighted by atomic mass is 10.1. The number of hydrogen-bond donors (Lipinski definition) is 1. The Bertz CT molecular complexity index is 624. The number of nitrogen functional groups attached to an aromatic ring is 1. The predicted octanol–water partition coefficient (Wildman–Crippen LogP) is 2.91. The maximum Gasteiger partial charge on any atom is 0.162 e. The number of fused-ring (bicyclic) bond motifs is 1. The highest BCUT2D eigenvalue weighted by molar-refractivity contribution is 7.10. The van der Waals surface area contributed by atoms with E-state index in [4.69, 9.17) is 15.2 Å². The van der Waals surface area contributed by atoms with Gasteiger partial charge in [0, 0.05) is 30.1 Å². The number of nitrogens with zero attached hydrogens (tertiary/aromatic N) is 1. The first-order chi connectivity index (χ1) is 9.72. The van der Waals surface area contributed by atoms with E-state index < -0.39 is 0 Å². The Morgan fingerprint density at radius 1 is 1.20 bits per heavy atom. The van der Waals surface area contributed by atoms with Crippen molar-refractivity contribution in [2.45, 2.75) is 13.0 Å². The normalized spacial score (nSPS) is 14.0. The number of nitrogens with two attached hydrogens (primary N) is 1. The topological polar surface area (TPSA) is 47.7 Å². The van der Waals surface area contributed by atoms with Crippen LogP contribution in [0, 0.1) is 0 Å². The summed E-state index contributed by atoms with van der Waals surface area (Å²) in [6.07, 6.45) is 1.07. The van der Waals surface area contributed by atoms with E-state index in [9.17, 15) is 0 Å². The van der Waals surface area contributed by atoms with Crippen LogP contribution in [0.25, 0.3) is 0 Å². The van der Waals surface area contributed by atoms with Crippen molar-refractivity contribution in [3.63, 3.8) is 0 Å². The molecule has 1 aromatic heterocycles. The second kappa shape index (κ2) is 5.25. The van der Waals surface area contributed by atoms with Crippen LogP contribution in [0.5, 0.6) is 11.5 Å². The molecule has 0 saturated heterocycles. The van der Waals surface area contributed by atoms with Gasteiger partial charge in [0.2, 0.25) is 0 Å². The fraction of sp³-hybridized carbons (Fsp3) is 0.333. The van der Waals surface area contributed by atoms with Gasteiger partial charge < -0.3 is 20.1 Å². The zero-order valence-electron chi connectivity index (χ0n) is 11.7. The number of anilines is 2. The van der Waals surface area contributed by atoms with E-state index in [-0.39, 0.29) is 0 Å². The summed E-state index contributed by atoms with van der Waals surface area (Å²) in [6, 6.07) is 5.99. The summed E-state index contributed by atoms with van der Waals surface area (Å²) in [4.78, 5) is 3.78. The average molecular weight is 290 g/mol. The molecule has 3 rings (SSSR count).